The van der Waals surface area contributed by atoms with E-state index in [2.05, 4.69) is 9.24 Å². The standard InChI is InChI=1S/C12H10ClOP/c13-9-5-3-7-11(15)12(9)8-4-1-2-6-10(8)14/h1-7,14H,15H2. The van der Waals surface area contributed by atoms with Crippen molar-refractivity contribution in [2.45, 2.75) is 0 Å². The predicted octanol–water partition coefficient (Wildman–Crippen LogP) is 3.21. The van der Waals surface area contributed by atoms with Gasteiger partial charge in [-0.3, -0.25) is 0 Å². The third kappa shape index (κ3) is 1.99. The SMILES string of the molecule is Oc1ccccc1-c1c(P)cccc1Cl. The molecule has 0 radical (unpaired) electrons. The van der Waals surface area contributed by atoms with Crippen molar-refractivity contribution in [1.82, 2.24) is 0 Å². The quantitative estimate of drug-likeness (QED) is 0.754. The number of para-hydroxylation sites is 1. The second kappa shape index (κ2) is 4.22. The highest BCUT2D eigenvalue weighted by Crippen LogP contribution is 2.33. The van der Waals surface area contributed by atoms with Crippen LogP contribution in [0.3, 0.4) is 0 Å². The van der Waals surface area contributed by atoms with Gasteiger partial charge in [0.15, 0.2) is 0 Å². The Morgan fingerprint density at radius 2 is 1.73 bits per heavy atom. The van der Waals surface area contributed by atoms with Gasteiger partial charge in [-0.2, -0.15) is 0 Å². The molecule has 0 saturated heterocycles. The summed E-state index contributed by atoms with van der Waals surface area (Å²) in [4.78, 5) is 0. The van der Waals surface area contributed by atoms with Gasteiger partial charge in [-0.05, 0) is 17.4 Å². The van der Waals surface area contributed by atoms with Crippen LogP contribution in [0.5, 0.6) is 5.75 Å². The van der Waals surface area contributed by atoms with Crippen LogP contribution in [0.2, 0.25) is 5.02 Å². The fourth-order valence-electron chi connectivity index (χ4n) is 1.51. The Bertz CT molecular complexity index is 476. The van der Waals surface area contributed by atoms with E-state index in [9.17, 15) is 5.11 Å². The van der Waals surface area contributed by atoms with Gasteiger partial charge in [0.2, 0.25) is 0 Å². The third-order valence-electron chi connectivity index (χ3n) is 2.22. The second-order valence-corrected chi connectivity index (χ2v) is 4.25. The molecule has 1 atom stereocenters. The molecule has 0 spiro atoms. The molecule has 0 aromatic heterocycles. The first-order valence-electron chi connectivity index (χ1n) is 4.52. The summed E-state index contributed by atoms with van der Waals surface area (Å²) in [5.41, 5.74) is 1.62. The van der Waals surface area contributed by atoms with E-state index in [4.69, 9.17) is 11.6 Å². The Kier molecular flexibility index (Phi) is 2.95. The van der Waals surface area contributed by atoms with Crippen molar-refractivity contribution < 1.29 is 5.11 Å². The van der Waals surface area contributed by atoms with Gasteiger partial charge in [-0.25, -0.2) is 0 Å². The maximum atomic E-state index is 9.74. The lowest BCUT2D eigenvalue weighted by atomic mass is 10.0. The first-order chi connectivity index (χ1) is 7.20. The molecule has 2 aromatic carbocycles. The number of rotatable bonds is 1. The smallest absolute Gasteiger partial charge is 0.123 e. The normalized spacial score (nSPS) is 10.3. The van der Waals surface area contributed by atoms with Gasteiger partial charge in [0.25, 0.3) is 0 Å². The van der Waals surface area contributed by atoms with Gasteiger partial charge in [0, 0.05) is 16.1 Å². The van der Waals surface area contributed by atoms with Gasteiger partial charge in [0.1, 0.15) is 5.75 Å². The average Bonchev–Trinajstić information content (AvgIpc) is 2.20. The zero-order valence-electron chi connectivity index (χ0n) is 7.94. The largest absolute Gasteiger partial charge is 0.507 e. The van der Waals surface area contributed by atoms with Crippen LogP contribution in [-0.4, -0.2) is 5.11 Å². The molecular weight excluding hydrogens is 227 g/mol. The Morgan fingerprint density at radius 1 is 1.00 bits per heavy atom. The van der Waals surface area contributed by atoms with Gasteiger partial charge < -0.3 is 5.11 Å². The fourth-order valence-corrected chi connectivity index (χ4v) is 2.31. The summed E-state index contributed by atoms with van der Waals surface area (Å²) in [5.74, 6) is 0.245. The summed E-state index contributed by atoms with van der Waals surface area (Å²) in [6.07, 6.45) is 0. The van der Waals surface area contributed by atoms with Crippen molar-refractivity contribution in [2.75, 3.05) is 0 Å². The Morgan fingerprint density at radius 3 is 2.40 bits per heavy atom. The lowest BCUT2D eigenvalue weighted by molar-refractivity contribution is 0.477. The number of phenolic OH excluding ortho intramolecular Hbond substituents is 1. The van der Waals surface area contributed by atoms with E-state index in [0.29, 0.717) is 5.02 Å². The number of phenols is 1. The van der Waals surface area contributed by atoms with Crippen LogP contribution >= 0.6 is 20.8 Å². The second-order valence-electron chi connectivity index (χ2n) is 3.22. The average molecular weight is 237 g/mol. The van der Waals surface area contributed by atoms with Crippen molar-refractivity contribution in [3.05, 3.63) is 47.5 Å². The van der Waals surface area contributed by atoms with Gasteiger partial charge in [-0.1, -0.05) is 41.9 Å². The molecular formula is C12H10ClOP. The summed E-state index contributed by atoms with van der Waals surface area (Å²) in [6.45, 7) is 0. The lowest BCUT2D eigenvalue weighted by Gasteiger charge is -2.09. The van der Waals surface area contributed by atoms with E-state index < -0.39 is 0 Å². The third-order valence-corrected chi connectivity index (χ3v) is 3.02. The molecule has 3 heteroatoms. The van der Waals surface area contributed by atoms with E-state index >= 15 is 0 Å². The van der Waals surface area contributed by atoms with E-state index in [0.717, 1.165) is 16.4 Å². The van der Waals surface area contributed by atoms with Crippen molar-refractivity contribution >= 4 is 26.1 Å². The van der Waals surface area contributed by atoms with Crippen LogP contribution in [0.1, 0.15) is 0 Å². The van der Waals surface area contributed by atoms with Crippen LogP contribution in [0.4, 0.5) is 0 Å². The molecule has 2 aromatic rings. The molecule has 1 unspecified atom stereocenters. The fraction of sp³-hybridized carbons (Fsp3) is 0. The Balaban J connectivity index is 2.69. The summed E-state index contributed by atoms with van der Waals surface area (Å²) in [7, 11) is 2.62. The van der Waals surface area contributed by atoms with Crippen LogP contribution < -0.4 is 5.30 Å². The number of hydrogen-bond acceptors (Lipinski definition) is 1. The molecule has 0 heterocycles. The molecule has 0 aliphatic heterocycles. The summed E-state index contributed by atoms with van der Waals surface area (Å²) >= 11 is 6.11. The highest BCUT2D eigenvalue weighted by Gasteiger charge is 2.09. The summed E-state index contributed by atoms with van der Waals surface area (Å²) in [6, 6.07) is 12.8. The van der Waals surface area contributed by atoms with Gasteiger partial charge in [0.05, 0.1) is 0 Å². The number of halogens is 1. The van der Waals surface area contributed by atoms with Crippen molar-refractivity contribution in [3.63, 3.8) is 0 Å². The molecule has 0 bridgehead atoms. The Hall–Kier alpha value is -1.04. The highest BCUT2D eigenvalue weighted by molar-refractivity contribution is 7.28. The molecule has 0 saturated carbocycles. The van der Waals surface area contributed by atoms with Crippen LogP contribution in [0.15, 0.2) is 42.5 Å². The van der Waals surface area contributed by atoms with Crippen LogP contribution in [0.25, 0.3) is 11.1 Å². The minimum atomic E-state index is 0.245. The maximum Gasteiger partial charge on any atom is 0.123 e. The molecule has 0 aliphatic carbocycles. The van der Waals surface area contributed by atoms with E-state index in [1.54, 1.807) is 12.1 Å². The van der Waals surface area contributed by atoms with Crippen LogP contribution in [0, 0.1) is 0 Å². The molecule has 0 aliphatic rings. The number of hydrogen-bond donors (Lipinski definition) is 1. The topological polar surface area (TPSA) is 20.2 Å². The maximum absolute atomic E-state index is 9.74. The zero-order chi connectivity index (χ0) is 10.8. The number of benzene rings is 2. The lowest BCUT2D eigenvalue weighted by Crippen LogP contribution is -1.97. The molecule has 15 heavy (non-hydrogen) atoms. The van der Waals surface area contributed by atoms with E-state index in [1.165, 1.54) is 0 Å². The summed E-state index contributed by atoms with van der Waals surface area (Å²) < 4.78 is 0. The monoisotopic (exact) mass is 236 g/mol. The van der Waals surface area contributed by atoms with Gasteiger partial charge in [-0.15, -0.1) is 9.24 Å². The molecule has 1 N–H and O–H groups in total. The van der Waals surface area contributed by atoms with E-state index in [-0.39, 0.29) is 5.75 Å². The summed E-state index contributed by atoms with van der Waals surface area (Å²) in [5, 5.41) is 11.4. The minimum absolute atomic E-state index is 0.245. The van der Waals surface area contributed by atoms with Crippen molar-refractivity contribution in [1.29, 1.82) is 0 Å². The molecule has 0 fully saturated rings. The molecule has 76 valence electrons. The Labute approximate surface area is 95.9 Å². The molecule has 0 amide bonds. The van der Waals surface area contributed by atoms with Gasteiger partial charge >= 0.3 is 0 Å². The minimum Gasteiger partial charge on any atom is -0.507 e. The first kappa shape index (κ1) is 10.5. The molecule has 2 rings (SSSR count). The predicted molar refractivity (Wildman–Crippen MR) is 67.9 cm³/mol. The van der Waals surface area contributed by atoms with Crippen molar-refractivity contribution in [2.24, 2.45) is 0 Å². The van der Waals surface area contributed by atoms with Crippen molar-refractivity contribution in [3.8, 4) is 16.9 Å². The number of aromatic hydroxyl groups is 1. The van der Waals surface area contributed by atoms with E-state index in [1.807, 2.05) is 30.3 Å². The zero-order valence-corrected chi connectivity index (χ0v) is 9.85. The highest BCUT2D eigenvalue weighted by atomic mass is 35.5. The van der Waals surface area contributed by atoms with Crippen LogP contribution in [-0.2, 0) is 0 Å². The molecule has 1 nitrogen and oxygen atoms in total. The first-order valence-corrected chi connectivity index (χ1v) is 5.48.